The zero-order chi connectivity index (χ0) is 18.6. The van der Waals surface area contributed by atoms with Crippen molar-refractivity contribution in [1.29, 1.82) is 0 Å². The third kappa shape index (κ3) is 4.25. The van der Waals surface area contributed by atoms with Gasteiger partial charge in [0.25, 0.3) is 11.5 Å². The van der Waals surface area contributed by atoms with Crippen LogP contribution >= 0.6 is 0 Å². The molecular weight excluding hydrogens is 318 g/mol. The molecule has 1 aromatic carbocycles. The molecule has 136 valence electrons. The van der Waals surface area contributed by atoms with Crippen molar-refractivity contribution >= 4 is 16.7 Å². The molecule has 0 radical (unpaired) electrons. The van der Waals surface area contributed by atoms with Crippen molar-refractivity contribution in [3.05, 3.63) is 40.3 Å². The lowest BCUT2D eigenvalue weighted by atomic mass is 9.97. The quantitative estimate of drug-likeness (QED) is 0.807. The van der Waals surface area contributed by atoms with Gasteiger partial charge in [-0.05, 0) is 24.8 Å². The Labute approximate surface area is 147 Å². The Morgan fingerprint density at radius 3 is 2.40 bits per heavy atom. The van der Waals surface area contributed by atoms with Crippen LogP contribution in [-0.4, -0.2) is 32.9 Å². The number of nitrogens with zero attached hydrogens (tertiary/aromatic N) is 2. The molecule has 0 saturated carbocycles. The van der Waals surface area contributed by atoms with Gasteiger partial charge < -0.3 is 10.4 Å². The molecule has 0 saturated heterocycles. The first-order valence-corrected chi connectivity index (χ1v) is 8.81. The smallest absolute Gasteiger partial charge is 0.274 e. The summed E-state index contributed by atoms with van der Waals surface area (Å²) in [5.41, 5.74) is -0.914. The highest BCUT2D eigenvalue weighted by atomic mass is 16.3. The molecule has 25 heavy (non-hydrogen) atoms. The minimum absolute atomic E-state index is 0.151. The second-order valence-electron chi connectivity index (χ2n) is 6.89. The molecule has 0 unspecified atom stereocenters. The normalized spacial score (nSPS) is 11.9. The molecule has 0 atom stereocenters. The van der Waals surface area contributed by atoms with Crippen molar-refractivity contribution in [3.8, 4) is 0 Å². The Morgan fingerprint density at radius 1 is 1.24 bits per heavy atom. The lowest BCUT2D eigenvalue weighted by Crippen LogP contribution is -2.42. The van der Waals surface area contributed by atoms with Crippen LogP contribution in [0.3, 0.4) is 0 Å². The van der Waals surface area contributed by atoms with E-state index in [4.69, 9.17) is 0 Å². The number of carbonyl (C=O) groups excluding carboxylic acids is 1. The van der Waals surface area contributed by atoms with Gasteiger partial charge in [0.1, 0.15) is 0 Å². The summed E-state index contributed by atoms with van der Waals surface area (Å²) in [4.78, 5) is 25.3. The van der Waals surface area contributed by atoms with E-state index in [1.807, 2.05) is 27.7 Å². The zero-order valence-corrected chi connectivity index (χ0v) is 15.4. The standard InChI is InChI=1S/C19H27N3O3/c1-5-19(25,6-2)12-20-17(23)16-14-9-7-8-10-15(14)18(24)22(21-16)11-13(3)4/h7-10,13,25H,5-6,11-12H2,1-4H3,(H,20,23). The maximum absolute atomic E-state index is 12.7. The van der Waals surface area contributed by atoms with Gasteiger partial charge in [-0.1, -0.05) is 45.9 Å². The van der Waals surface area contributed by atoms with Crippen LogP contribution in [0.25, 0.3) is 10.8 Å². The van der Waals surface area contributed by atoms with E-state index in [0.29, 0.717) is 30.2 Å². The highest BCUT2D eigenvalue weighted by Crippen LogP contribution is 2.16. The molecule has 1 amide bonds. The number of hydrogen-bond acceptors (Lipinski definition) is 4. The minimum atomic E-state index is -0.933. The predicted octanol–water partition coefficient (Wildman–Crippen LogP) is 2.33. The lowest BCUT2D eigenvalue weighted by molar-refractivity contribution is 0.0313. The molecule has 2 rings (SSSR count). The molecule has 2 aromatic rings. The van der Waals surface area contributed by atoms with Gasteiger partial charge in [0.05, 0.1) is 11.0 Å². The number of aliphatic hydroxyl groups is 1. The molecule has 0 aliphatic heterocycles. The fraction of sp³-hybridized carbons (Fsp3) is 0.526. The van der Waals surface area contributed by atoms with Crippen molar-refractivity contribution in [2.45, 2.75) is 52.7 Å². The van der Waals surface area contributed by atoms with Gasteiger partial charge in [-0.25, -0.2) is 4.68 Å². The molecular formula is C19H27N3O3. The average molecular weight is 345 g/mol. The second kappa shape index (κ2) is 7.78. The molecule has 0 aliphatic carbocycles. The second-order valence-corrected chi connectivity index (χ2v) is 6.89. The lowest BCUT2D eigenvalue weighted by Gasteiger charge is -2.25. The van der Waals surface area contributed by atoms with Gasteiger partial charge in [-0.2, -0.15) is 5.10 Å². The van der Waals surface area contributed by atoms with Crippen molar-refractivity contribution in [2.24, 2.45) is 5.92 Å². The summed E-state index contributed by atoms with van der Waals surface area (Å²) in [6.07, 6.45) is 1.09. The van der Waals surface area contributed by atoms with Gasteiger partial charge in [0.15, 0.2) is 5.69 Å². The molecule has 0 fully saturated rings. The van der Waals surface area contributed by atoms with Crippen molar-refractivity contribution in [1.82, 2.24) is 15.1 Å². The fourth-order valence-corrected chi connectivity index (χ4v) is 2.70. The number of nitrogens with one attached hydrogen (secondary N) is 1. The number of fused-ring (bicyclic) bond motifs is 1. The summed E-state index contributed by atoms with van der Waals surface area (Å²) < 4.78 is 1.35. The van der Waals surface area contributed by atoms with E-state index in [9.17, 15) is 14.7 Å². The van der Waals surface area contributed by atoms with Crippen LogP contribution in [-0.2, 0) is 6.54 Å². The number of aromatic nitrogens is 2. The molecule has 0 aliphatic rings. The molecule has 1 aromatic heterocycles. The van der Waals surface area contributed by atoms with Gasteiger partial charge in [0, 0.05) is 18.5 Å². The van der Waals surface area contributed by atoms with Crippen LogP contribution in [0, 0.1) is 5.92 Å². The highest BCUT2D eigenvalue weighted by Gasteiger charge is 2.24. The fourth-order valence-electron chi connectivity index (χ4n) is 2.70. The first-order chi connectivity index (χ1) is 11.8. The monoisotopic (exact) mass is 345 g/mol. The number of benzene rings is 1. The average Bonchev–Trinajstić information content (AvgIpc) is 2.61. The third-order valence-corrected chi connectivity index (χ3v) is 4.52. The van der Waals surface area contributed by atoms with Gasteiger partial charge >= 0.3 is 0 Å². The van der Waals surface area contributed by atoms with Gasteiger partial charge in [0.2, 0.25) is 0 Å². The number of amides is 1. The molecule has 0 bridgehead atoms. The van der Waals surface area contributed by atoms with Crippen LogP contribution in [0.4, 0.5) is 0 Å². The highest BCUT2D eigenvalue weighted by molar-refractivity contribution is 6.04. The van der Waals surface area contributed by atoms with Crippen LogP contribution in [0.15, 0.2) is 29.1 Å². The van der Waals surface area contributed by atoms with Gasteiger partial charge in [-0.3, -0.25) is 9.59 Å². The number of rotatable bonds is 7. The minimum Gasteiger partial charge on any atom is -0.388 e. The van der Waals surface area contributed by atoms with Crippen LogP contribution in [0.5, 0.6) is 0 Å². The van der Waals surface area contributed by atoms with Crippen molar-refractivity contribution in [2.75, 3.05) is 6.54 Å². The Hall–Kier alpha value is -2.21. The van der Waals surface area contributed by atoms with E-state index in [-0.39, 0.29) is 29.6 Å². The van der Waals surface area contributed by atoms with Crippen LogP contribution < -0.4 is 10.9 Å². The predicted molar refractivity (Wildman–Crippen MR) is 98.7 cm³/mol. The Balaban J connectivity index is 2.44. The van der Waals surface area contributed by atoms with Crippen molar-refractivity contribution in [3.63, 3.8) is 0 Å². The summed E-state index contributed by atoms with van der Waals surface area (Å²) >= 11 is 0. The Bertz CT molecular complexity index is 807. The van der Waals surface area contributed by atoms with Crippen LogP contribution in [0.1, 0.15) is 51.0 Å². The van der Waals surface area contributed by atoms with E-state index in [0.717, 1.165) is 0 Å². The summed E-state index contributed by atoms with van der Waals surface area (Å²) in [6, 6.07) is 6.99. The first-order valence-electron chi connectivity index (χ1n) is 8.81. The zero-order valence-electron chi connectivity index (χ0n) is 15.4. The topological polar surface area (TPSA) is 84.2 Å². The molecule has 2 N–H and O–H groups in total. The number of hydrogen-bond donors (Lipinski definition) is 2. The van der Waals surface area contributed by atoms with E-state index < -0.39 is 5.60 Å². The first kappa shape index (κ1) is 19.1. The van der Waals surface area contributed by atoms with Crippen molar-refractivity contribution < 1.29 is 9.90 Å². The van der Waals surface area contributed by atoms with E-state index >= 15 is 0 Å². The van der Waals surface area contributed by atoms with Crippen LogP contribution in [0.2, 0.25) is 0 Å². The van der Waals surface area contributed by atoms with E-state index in [1.54, 1.807) is 24.3 Å². The molecule has 6 nitrogen and oxygen atoms in total. The summed E-state index contributed by atoms with van der Waals surface area (Å²) in [6.45, 7) is 8.34. The maximum Gasteiger partial charge on any atom is 0.274 e. The van der Waals surface area contributed by atoms with E-state index in [2.05, 4.69) is 10.4 Å². The summed E-state index contributed by atoms with van der Waals surface area (Å²) in [5, 5.41) is 18.4. The summed E-state index contributed by atoms with van der Waals surface area (Å²) in [5.74, 6) is -0.151. The molecule has 6 heteroatoms. The van der Waals surface area contributed by atoms with Gasteiger partial charge in [-0.15, -0.1) is 0 Å². The molecule has 0 spiro atoms. The Morgan fingerprint density at radius 2 is 1.84 bits per heavy atom. The summed E-state index contributed by atoms with van der Waals surface area (Å²) in [7, 11) is 0. The largest absolute Gasteiger partial charge is 0.388 e. The van der Waals surface area contributed by atoms with E-state index in [1.165, 1.54) is 4.68 Å². The molecule has 1 heterocycles. The number of carbonyl (C=O) groups is 1. The maximum atomic E-state index is 12.7. The third-order valence-electron chi connectivity index (χ3n) is 4.52. The Kier molecular flexibility index (Phi) is 5.95. The SMILES string of the molecule is CCC(O)(CC)CNC(=O)c1nn(CC(C)C)c(=O)c2ccccc12.